The number of rotatable bonds is 7. The van der Waals surface area contributed by atoms with Crippen LogP contribution in [-0.4, -0.2) is 22.1 Å². The van der Waals surface area contributed by atoms with Gasteiger partial charge in [-0.1, -0.05) is 84.1 Å². The maximum Gasteiger partial charge on any atom is 0.338 e. The smallest absolute Gasteiger partial charge is 0.338 e. The third kappa shape index (κ3) is 5.13. The quantitative estimate of drug-likeness (QED) is 0.142. The number of nitro benzene ring substituents is 1. The number of carbonyl (C=O) groups is 1. The van der Waals surface area contributed by atoms with Crippen LogP contribution in [0.25, 0.3) is 23.1 Å². The lowest BCUT2D eigenvalue weighted by molar-refractivity contribution is -0.385. The zero-order chi connectivity index (χ0) is 30.1. The number of nitro groups is 1. The predicted molar refractivity (Wildman–Crippen MR) is 163 cm³/mol. The highest BCUT2D eigenvalue weighted by molar-refractivity contribution is 7.07. The Labute approximate surface area is 249 Å². The molecular weight excluding hydrogens is 566 g/mol. The maximum absolute atomic E-state index is 14.0. The molecule has 9 nitrogen and oxygen atoms in total. The lowest BCUT2D eigenvalue weighted by Gasteiger charge is -2.25. The van der Waals surface area contributed by atoms with Gasteiger partial charge in [0.05, 0.1) is 33.4 Å². The average molecular weight is 592 g/mol. The molecule has 3 aromatic carbocycles. The van der Waals surface area contributed by atoms with E-state index in [1.54, 1.807) is 44.2 Å². The molecule has 2 aromatic heterocycles. The fourth-order valence-corrected chi connectivity index (χ4v) is 6.16. The first kappa shape index (κ1) is 27.8. The van der Waals surface area contributed by atoms with Crippen LogP contribution in [0.4, 0.5) is 5.69 Å². The van der Waals surface area contributed by atoms with E-state index in [9.17, 15) is 19.7 Å². The Morgan fingerprint density at radius 1 is 1.05 bits per heavy atom. The number of hydrogen-bond acceptors (Lipinski definition) is 8. The Morgan fingerprint density at radius 2 is 1.77 bits per heavy atom. The molecule has 0 bridgehead atoms. The summed E-state index contributed by atoms with van der Waals surface area (Å²) in [7, 11) is 0. The van der Waals surface area contributed by atoms with Crippen molar-refractivity contribution in [1.29, 1.82) is 0 Å². The van der Waals surface area contributed by atoms with Crippen molar-refractivity contribution in [3.8, 4) is 11.3 Å². The SMILES string of the molecule is CCOC(=O)C1=C(c2ccccc2)N=c2s/c(=C\c3ccc(-c4cccc([N+](=O)[O-])c4C)o3)c(=O)n2[C@@H]1c1ccccc1. The molecule has 0 N–H and O–H groups in total. The highest BCUT2D eigenvalue weighted by Gasteiger charge is 2.35. The highest BCUT2D eigenvalue weighted by atomic mass is 32.1. The molecule has 0 amide bonds. The molecule has 3 heterocycles. The van der Waals surface area contributed by atoms with Crippen LogP contribution in [0.3, 0.4) is 0 Å². The number of ether oxygens (including phenoxy) is 1. The van der Waals surface area contributed by atoms with E-state index >= 15 is 0 Å². The molecule has 0 saturated heterocycles. The summed E-state index contributed by atoms with van der Waals surface area (Å²) in [6.07, 6.45) is 1.62. The van der Waals surface area contributed by atoms with Crippen LogP contribution < -0.4 is 14.9 Å². The number of esters is 1. The molecule has 0 radical (unpaired) electrons. The largest absolute Gasteiger partial charge is 0.463 e. The summed E-state index contributed by atoms with van der Waals surface area (Å²) in [6, 6.07) is 26.1. The van der Waals surface area contributed by atoms with E-state index in [4.69, 9.17) is 14.1 Å². The van der Waals surface area contributed by atoms with Crippen molar-refractivity contribution in [2.75, 3.05) is 6.61 Å². The molecule has 0 aliphatic carbocycles. The molecule has 1 aliphatic heterocycles. The summed E-state index contributed by atoms with van der Waals surface area (Å²) >= 11 is 1.19. The molecule has 6 rings (SSSR count). The third-order valence-electron chi connectivity index (χ3n) is 7.16. The van der Waals surface area contributed by atoms with Crippen LogP contribution in [0.1, 0.15) is 35.4 Å². The van der Waals surface area contributed by atoms with Gasteiger partial charge in [-0.3, -0.25) is 19.5 Å². The number of benzene rings is 3. The average Bonchev–Trinajstić information content (AvgIpc) is 3.61. The standard InChI is InChI=1S/C33H25N3O6S/c1-3-41-32(38)28-29(21-11-6-4-7-12-21)34-33-35(30(28)22-13-8-5-9-14-22)31(37)27(43-33)19-23-17-18-26(42-23)24-15-10-16-25(20(24)2)36(39)40/h4-19,30H,3H2,1-2H3/b27-19-/t30-/m1/s1. The predicted octanol–water partition coefficient (Wildman–Crippen LogP) is 5.41. The number of hydrogen-bond donors (Lipinski definition) is 0. The van der Waals surface area contributed by atoms with Crippen molar-refractivity contribution in [2.24, 2.45) is 4.99 Å². The van der Waals surface area contributed by atoms with Crippen molar-refractivity contribution < 1.29 is 18.9 Å². The number of thiazole rings is 1. The summed E-state index contributed by atoms with van der Waals surface area (Å²) in [4.78, 5) is 43.8. The van der Waals surface area contributed by atoms with Crippen LogP contribution in [-0.2, 0) is 9.53 Å². The van der Waals surface area contributed by atoms with Gasteiger partial charge < -0.3 is 9.15 Å². The first-order chi connectivity index (χ1) is 20.9. The number of nitrogens with zero attached hydrogens (tertiary/aromatic N) is 3. The van der Waals surface area contributed by atoms with Crippen LogP contribution in [0, 0.1) is 17.0 Å². The minimum absolute atomic E-state index is 0.00343. The summed E-state index contributed by atoms with van der Waals surface area (Å²) in [5, 5.41) is 11.4. The van der Waals surface area contributed by atoms with Gasteiger partial charge in [0.2, 0.25) is 0 Å². The third-order valence-corrected chi connectivity index (χ3v) is 8.14. The van der Waals surface area contributed by atoms with Crippen LogP contribution in [0.2, 0.25) is 0 Å². The van der Waals surface area contributed by atoms with Crippen molar-refractivity contribution >= 4 is 34.8 Å². The van der Waals surface area contributed by atoms with Gasteiger partial charge in [-0.15, -0.1) is 0 Å². The molecule has 214 valence electrons. The van der Waals surface area contributed by atoms with Gasteiger partial charge in [0.15, 0.2) is 4.80 Å². The number of fused-ring (bicyclic) bond motifs is 1. The van der Waals surface area contributed by atoms with Gasteiger partial charge in [0, 0.05) is 28.8 Å². The number of furan rings is 1. The van der Waals surface area contributed by atoms with Crippen molar-refractivity contribution in [1.82, 2.24) is 4.57 Å². The number of aromatic nitrogens is 1. The Bertz CT molecular complexity index is 2070. The van der Waals surface area contributed by atoms with E-state index in [-0.39, 0.29) is 23.4 Å². The van der Waals surface area contributed by atoms with E-state index in [0.717, 1.165) is 11.1 Å². The van der Waals surface area contributed by atoms with E-state index in [0.29, 0.717) is 37.7 Å². The summed E-state index contributed by atoms with van der Waals surface area (Å²) in [6.45, 7) is 3.57. The second-order valence-electron chi connectivity index (χ2n) is 9.75. The Balaban J connectivity index is 1.53. The normalized spacial score (nSPS) is 14.7. The molecule has 0 spiro atoms. The van der Waals surface area contributed by atoms with Crippen molar-refractivity contribution in [3.63, 3.8) is 0 Å². The fourth-order valence-electron chi connectivity index (χ4n) is 5.18. The monoisotopic (exact) mass is 591 g/mol. The molecule has 5 aromatic rings. The van der Waals surface area contributed by atoms with Gasteiger partial charge in [-0.25, -0.2) is 9.79 Å². The van der Waals surface area contributed by atoms with Crippen molar-refractivity contribution in [2.45, 2.75) is 19.9 Å². The fraction of sp³-hybridized carbons (Fsp3) is 0.121. The summed E-state index contributed by atoms with van der Waals surface area (Å²) in [5.74, 6) is 0.296. The molecule has 0 saturated carbocycles. The summed E-state index contributed by atoms with van der Waals surface area (Å²) in [5.41, 5.74) is 2.92. The Hall–Kier alpha value is -5.35. The molecule has 0 unspecified atom stereocenters. The second-order valence-corrected chi connectivity index (χ2v) is 10.8. The minimum Gasteiger partial charge on any atom is -0.463 e. The first-order valence-electron chi connectivity index (χ1n) is 13.5. The van der Waals surface area contributed by atoms with Gasteiger partial charge in [0.25, 0.3) is 11.2 Å². The van der Waals surface area contributed by atoms with Gasteiger partial charge in [-0.2, -0.15) is 0 Å². The minimum atomic E-state index is -0.770. The Kier molecular flexibility index (Phi) is 7.43. The first-order valence-corrected chi connectivity index (χ1v) is 14.4. The lowest BCUT2D eigenvalue weighted by atomic mass is 9.93. The van der Waals surface area contributed by atoms with E-state index in [1.165, 1.54) is 22.0 Å². The molecule has 1 aliphatic rings. The molecule has 43 heavy (non-hydrogen) atoms. The van der Waals surface area contributed by atoms with Crippen LogP contribution >= 0.6 is 11.3 Å². The van der Waals surface area contributed by atoms with Gasteiger partial charge in [0.1, 0.15) is 11.5 Å². The van der Waals surface area contributed by atoms with E-state index < -0.39 is 16.9 Å². The van der Waals surface area contributed by atoms with Crippen molar-refractivity contribution in [3.05, 3.63) is 149 Å². The van der Waals surface area contributed by atoms with Crippen LogP contribution in [0.5, 0.6) is 0 Å². The molecule has 0 fully saturated rings. The van der Waals surface area contributed by atoms with Gasteiger partial charge in [-0.05, 0) is 31.5 Å². The number of carbonyl (C=O) groups excluding carboxylic acids is 1. The molecular formula is C33H25N3O6S. The Morgan fingerprint density at radius 3 is 2.47 bits per heavy atom. The highest BCUT2D eigenvalue weighted by Crippen LogP contribution is 2.35. The molecule has 1 atom stereocenters. The second kappa shape index (κ2) is 11.5. The van der Waals surface area contributed by atoms with E-state index in [1.807, 2.05) is 60.7 Å². The zero-order valence-electron chi connectivity index (χ0n) is 23.2. The van der Waals surface area contributed by atoms with Gasteiger partial charge >= 0.3 is 5.97 Å². The molecule has 10 heteroatoms. The van der Waals surface area contributed by atoms with E-state index in [2.05, 4.69) is 0 Å². The maximum atomic E-state index is 14.0. The summed E-state index contributed by atoms with van der Waals surface area (Å²) < 4.78 is 13.4. The lowest BCUT2D eigenvalue weighted by Crippen LogP contribution is -2.39. The topological polar surface area (TPSA) is 117 Å². The van der Waals surface area contributed by atoms with Crippen LogP contribution in [0.15, 0.2) is 111 Å². The zero-order valence-corrected chi connectivity index (χ0v) is 24.0.